The van der Waals surface area contributed by atoms with Gasteiger partial charge in [-0.05, 0) is 41.8 Å². The molecule has 0 saturated carbocycles. The number of halogens is 1. The van der Waals surface area contributed by atoms with Gasteiger partial charge in [-0.2, -0.15) is 0 Å². The summed E-state index contributed by atoms with van der Waals surface area (Å²) in [4.78, 5) is 0. The monoisotopic (exact) mass is 209 g/mol. The number of nitrogens with zero attached hydrogens (tertiary/aromatic N) is 1. The Bertz CT molecular complexity index is 387. The molecule has 0 radical (unpaired) electrons. The third-order valence-corrected chi connectivity index (χ3v) is 2.63. The van der Waals surface area contributed by atoms with E-state index in [9.17, 15) is 0 Å². The van der Waals surface area contributed by atoms with E-state index in [4.69, 9.17) is 16.5 Å². The van der Waals surface area contributed by atoms with Gasteiger partial charge in [-0.1, -0.05) is 0 Å². The Labute approximate surface area is 88.8 Å². The maximum Gasteiger partial charge on any atom is 0.122 e. The Hall–Kier alpha value is -1.15. The molecule has 1 aromatic carbocycles. The quantitative estimate of drug-likeness (QED) is 0.660. The van der Waals surface area contributed by atoms with Crippen LogP contribution in [0.25, 0.3) is 6.08 Å². The first kappa shape index (κ1) is 9.41. The smallest absolute Gasteiger partial charge is 0.122 e. The summed E-state index contributed by atoms with van der Waals surface area (Å²) < 4.78 is 6.90. The molecule has 0 bridgehead atoms. The number of fused-ring (bicyclic) bond motifs is 1. The molecule has 0 spiro atoms. The molecule has 74 valence electrons. The van der Waals surface area contributed by atoms with Crippen molar-refractivity contribution in [2.24, 2.45) is 0 Å². The normalized spacial score (nSPS) is 14.1. The van der Waals surface area contributed by atoms with E-state index in [2.05, 4.69) is 6.07 Å². The SMILES string of the molecule is COc1cc2c(cc1C)CN(Cl)C=C2. The summed E-state index contributed by atoms with van der Waals surface area (Å²) in [6.07, 6.45) is 3.85. The van der Waals surface area contributed by atoms with Crippen molar-refractivity contribution in [3.05, 3.63) is 35.0 Å². The summed E-state index contributed by atoms with van der Waals surface area (Å²) in [6.45, 7) is 2.79. The van der Waals surface area contributed by atoms with Gasteiger partial charge >= 0.3 is 0 Å². The first-order chi connectivity index (χ1) is 6.70. The van der Waals surface area contributed by atoms with E-state index in [1.54, 1.807) is 11.5 Å². The minimum Gasteiger partial charge on any atom is -0.496 e. The minimum absolute atomic E-state index is 0.748. The Morgan fingerprint density at radius 3 is 2.93 bits per heavy atom. The van der Waals surface area contributed by atoms with Gasteiger partial charge in [-0.3, -0.25) is 4.42 Å². The highest BCUT2D eigenvalue weighted by atomic mass is 35.5. The van der Waals surface area contributed by atoms with E-state index in [0.29, 0.717) is 0 Å². The number of ether oxygens (including phenoxy) is 1. The molecule has 0 unspecified atom stereocenters. The first-order valence-corrected chi connectivity index (χ1v) is 4.82. The van der Waals surface area contributed by atoms with Crippen LogP contribution in [0.5, 0.6) is 5.75 Å². The lowest BCUT2D eigenvalue weighted by Gasteiger charge is -2.19. The van der Waals surface area contributed by atoms with Crippen molar-refractivity contribution >= 4 is 17.9 Å². The Balaban J connectivity index is 2.48. The summed E-state index contributed by atoms with van der Waals surface area (Å²) >= 11 is 5.89. The fraction of sp³-hybridized carbons (Fsp3) is 0.273. The summed E-state index contributed by atoms with van der Waals surface area (Å²) in [6, 6.07) is 4.16. The molecule has 0 aromatic heterocycles. The zero-order valence-electron chi connectivity index (χ0n) is 8.25. The molecular formula is C11H12ClNO. The van der Waals surface area contributed by atoms with E-state index in [1.807, 2.05) is 25.3 Å². The summed E-state index contributed by atoms with van der Waals surface area (Å²) in [5.74, 6) is 0.927. The predicted molar refractivity (Wildman–Crippen MR) is 58.2 cm³/mol. The first-order valence-electron chi connectivity index (χ1n) is 4.49. The van der Waals surface area contributed by atoms with Crippen LogP contribution in [0.4, 0.5) is 0 Å². The number of hydrogen-bond acceptors (Lipinski definition) is 2. The lowest BCUT2D eigenvalue weighted by Crippen LogP contribution is -2.09. The van der Waals surface area contributed by atoms with Gasteiger partial charge in [-0.15, -0.1) is 0 Å². The number of hydrogen-bond donors (Lipinski definition) is 0. The van der Waals surface area contributed by atoms with Crippen molar-refractivity contribution in [1.29, 1.82) is 0 Å². The second-order valence-electron chi connectivity index (χ2n) is 3.39. The number of aryl methyl sites for hydroxylation is 1. The number of methoxy groups -OCH3 is 1. The Morgan fingerprint density at radius 2 is 2.21 bits per heavy atom. The Kier molecular flexibility index (Phi) is 2.38. The third-order valence-electron chi connectivity index (χ3n) is 2.39. The van der Waals surface area contributed by atoms with Crippen molar-refractivity contribution in [3.8, 4) is 5.75 Å². The fourth-order valence-electron chi connectivity index (χ4n) is 1.65. The summed E-state index contributed by atoms with van der Waals surface area (Å²) in [5, 5.41) is 0. The lowest BCUT2D eigenvalue weighted by atomic mass is 10.0. The third kappa shape index (κ3) is 1.58. The standard InChI is InChI=1S/C11H12ClNO/c1-8-5-10-7-13(12)4-3-9(10)6-11(8)14-2/h3-6H,7H2,1-2H3. The van der Waals surface area contributed by atoms with Crippen molar-refractivity contribution in [1.82, 2.24) is 4.42 Å². The van der Waals surface area contributed by atoms with E-state index in [1.165, 1.54) is 11.1 Å². The minimum atomic E-state index is 0.748. The molecular weight excluding hydrogens is 198 g/mol. The van der Waals surface area contributed by atoms with Gasteiger partial charge in [-0.25, -0.2) is 0 Å². The molecule has 14 heavy (non-hydrogen) atoms. The summed E-state index contributed by atoms with van der Waals surface area (Å²) in [7, 11) is 1.69. The van der Waals surface area contributed by atoms with Crippen LogP contribution >= 0.6 is 11.8 Å². The van der Waals surface area contributed by atoms with Crippen LogP contribution in [0.3, 0.4) is 0 Å². The molecule has 0 atom stereocenters. The van der Waals surface area contributed by atoms with Gasteiger partial charge in [0.05, 0.1) is 13.7 Å². The predicted octanol–water partition coefficient (Wildman–Crippen LogP) is 2.94. The van der Waals surface area contributed by atoms with Gasteiger partial charge in [0.1, 0.15) is 5.75 Å². The average molecular weight is 210 g/mol. The van der Waals surface area contributed by atoms with Crippen LogP contribution in [-0.4, -0.2) is 11.5 Å². The highest BCUT2D eigenvalue weighted by molar-refractivity contribution is 6.14. The molecule has 0 aliphatic carbocycles. The van der Waals surface area contributed by atoms with Crippen molar-refractivity contribution in [2.45, 2.75) is 13.5 Å². The molecule has 1 aliphatic rings. The molecule has 2 rings (SSSR count). The number of rotatable bonds is 1. The molecule has 2 nitrogen and oxygen atoms in total. The van der Waals surface area contributed by atoms with Crippen LogP contribution in [0.15, 0.2) is 18.3 Å². The van der Waals surface area contributed by atoms with E-state index in [-0.39, 0.29) is 0 Å². The molecule has 3 heteroatoms. The van der Waals surface area contributed by atoms with Crippen LogP contribution in [0, 0.1) is 6.92 Å². The maximum atomic E-state index is 5.89. The van der Waals surface area contributed by atoms with Crippen LogP contribution in [-0.2, 0) is 6.54 Å². The second-order valence-corrected chi connectivity index (χ2v) is 3.83. The van der Waals surface area contributed by atoms with Gasteiger partial charge in [0.2, 0.25) is 0 Å². The Morgan fingerprint density at radius 1 is 1.43 bits per heavy atom. The molecule has 0 N–H and O–H groups in total. The van der Waals surface area contributed by atoms with Crippen molar-refractivity contribution in [2.75, 3.05) is 7.11 Å². The van der Waals surface area contributed by atoms with Crippen LogP contribution in [0.2, 0.25) is 0 Å². The molecule has 0 fully saturated rings. The van der Waals surface area contributed by atoms with Crippen LogP contribution in [0.1, 0.15) is 16.7 Å². The molecule has 1 aliphatic heterocycles. The molecule has 1 aromatic rings. The van der Waals surface area contributed by atoms with Crippen molar-refractivity contribution in [3.63, 3.8) is 0 Å². The molecule has 1 heterocycles. The van der Waals surface area contributed by atoms with E-state index < -0.39 is 0 Å². The van der Waals surface area contributed by atoms with Crippen molar-refractivity contribution < 1.29 is 4.74 Å². The highest BCUT2D eigenvalue weighted by Crippen LogP contribution is 2.28. The van der Waals surface area contributed by atoms with E-state index >= 15 is 0 Å². The fourth-order valence-corrected chi connectivity index (χ4v) is 1.84. The van der Waals surface area contributed by atoms with E-state index in [0.717, 1.165) is 17.9 Å². The second kappa shape index (κ2) is 3.54. The topological polar surface area (TPSA) is 12.5 Å². The lowest BCUT2D eigenvalue weighted by molar-refractivity contribution is 0.411. The largest absolute Gasteiger partial charge is 0.496 e. The number of benzene rings is 1. The zero-order valence-corrected chi connectivity index (χ0v) is 9.01. The highest BCUT2D eigenvalue weighted by Gasteiger charge is 2.11. The van der Waals surface area contributed by atoms with Gasteiger partial charge < -0.3 is 4.74 Å². The van der Waals surface area contributed by atoms with Crippen LogP contribution < -0.4 is 4.74 Å². The molecule has 0 amide bonds. The zero-order chi connectivity index (χ0) is 10.1. The van der Waals surface area contributed by atoms with Gasteiger partial charge in [0, 0.05) is 18.0 Å². The average Bonchev–Trinajstić information content (AvgIpc) is 2.16. The summed E-state index contributed by atoms with van der Waals surface area (Å²) in [5.41, 5.74) is 3.57. The maximum absolute atomic E-state index is 5.89. The van der Waals surface area contributed by atoms with Gasteiger partial charge in [0.15, 0.2) is 0 Å². The molecule has 0 saturated heterocycles. The van der Waals surface area contributed by atoms with Gasteiger partial charge in [0.25, 0.3) is 0 Å².